The summed E-state index contributed by atoms with van der Waals surface area (Å²) in [5, 5.41) is 10.1. The third-order valence-corrected chi connectivity index (χ3v) is 3.62. The summed E-state index contributed by atoms with van der Waals surface area (Å²) in [5.74, 6) is -0.885. The summed E-state index contributed by atoms with van der Waals surface area (Å²) in [6.07, 6.45) is 0. The van der Waals surface area contributed by atoms with Crippen LogP contribution in [0.3, 0.4) is 0 Å². The fraction of sp³-hybridized carbons (Fsp3) is 0.231. The zero-order valence-corrected chi connectivity index (χ0v) is 12.0. The summed E-state index contributed by atoms with van der Waals surface area (Å²) in [6, 6.07) is 5.46. The fourth-order valence-corrected chi connectivity index (χ4v) is 2.64. The maximum atomic E-state index is 10.7. The van der Waals surface area contributed by atoms with E-state index < -0.39 is 5.97 Å². The van der Waals surface area contributed by atoms with Gasteiger partial charge in [0.2, 0.25) is 0 Å². The van der Waals surface area contributed by atoms with Crippen LogP contribution in [0.1, 0.15) is 6.92 Å². The van der Waals surface area contributed by atoms with Crippen LogP contribution in [0.15, 0.2) is 35.5 Å². The number of carboxylic acids is 1. The van der Waals surface area contributed by atoms with E-state index in [1.807, 2.05) is 17.6 Å². The van der Waals surface area contributed by atoms with E-state index in [1.54, 1.807) is 12.1 Å². The second-order valence-corrected chi connectivity index (χ2v) is 5.63. The van der Waals surface area contributed by atoms with Gasteiger partial charge in [0.1, 0.15) is 0 Å². The third-order valence-electron chi connectivity index (χ3n) is 2.43. The number of carboxylic acid groups (broad SMARTS) is 1. The molecule has 0 spiro atoms. The van der Waals surface area contributed by atoms with Gasteiger partial charge in [-0.1, -0.05) is 35.5 Å². The predicted octanol–water partition coefficient (Wildman–Crippen LogP) is 3.44. The van der Waals surface area contributed by atoms with Gasteiger partial charge >= 0.3 is 5.97 Å². The van der Waals surface area contributed by atoms with Gasteiger partial charge in [-0.05, 0) is 25.1 Å². The molecule has 0 atom stereocenters. The average Bonchev–Trinajstić information content (AvgIpc) is 2.63. The number of carbonyl (C=O) groups is 1. The van der Waals surface area contributed by atoms with E-state index in [-0.39, 0.29) is 5.75 Å². The lowest BCUT2D eigenvalue weighted by molar-refractivity contribution is -0.133. The number of hydrogen-bond acceptors (Lipinski definition) is 3. The average molecular weight is 297 g/mol. The fourth-order valence-electron chi connectivity index (χ4n) is 1.74. The van der Waals surface area contributed by atoms with Gasteiger partial charge in [-0.25, -0.2) is 4.98 Å². The molecule has 100 valence electrons. The number of nitrogens with zero attached hydrogens (tertiary/aromatic N) is 2. The molecule has 0 unspecified atom stereocenters. The Kier molecular flexibility index (Phi) is 4.17. The van der Waals surface area contributed by atoms with E-state index in [0.29, 0.717) is 16.7 Å². The molecule has 1 N–H and O–H groups in total. The molecule has 1 aromatic carbocycles. The van der Waals surface area contributed by atoms with Crippen LogP contribution in [-0.4, -0.2) is 26.4 Å². The first-order chi connectivity index (χ1) is 8.97. The summed E-state index contributed by atoms with van der Waals surface area (Å²) in [7, 11) is 0. The van der Waals surface area contributed by atoms with E-state index >= 15 is 0 Å². The van der Waals surface area contributed by atoms with Crippen molar-refractivity contribution < 1.29 is 9.90 Å². The van der Waals surface area contributed by atoms with Crippen LogP contribution in [0.25, 0.3) is 11.0 Å². The smallest absolute Gasteiger partial charge is 0.313 e. The molecule has 0 aliphatic heterocycles. The number of halogens is 1. The third kappa shape index (κ3) is 3.30. The van der Waals surface area contributed by atoms with Gasteiger partial charge < -0.3 is 9.67 Å². The molecule has 0 bridgehead atoms. The molecule has 1 aromatic heterocycles. The molecule has 2 aromatic rings. The van der Waals surface area contributed by atoms with Crippen molar-refractivity contribution in [2.75, 3.05) is 5.75 Å². The Morgan fingerprint density at radius 1 is 1.58 bits per heavy atom. The minimum Gasteiger partial charge on any atom is -0.481 e. The number of allylic oxidation sites excluding steroid dienone is 1. The Labute approximate surface area is 120 Å². The zero-order valence-electron chi connectivity index (χ0n) is 10.4. The SMILES string of the molecule is C=C(C)Cn1c(SCC(=O)O)nc2cc(Cl)ccc21. The number of aliphatic carboxylic acids is 1. The molecule has 6 heteroatoms. The molecule has 0 saturated heterocycles. The standard InChI is InChI=1S/C13H13ClN2O2S/c1-8(2)6-16-11-4-3-9(14)5-10(11)15-13(16)19-7-12(17)18/h3-5H,1,6-7H2,2H3,(H,17,18). The van der Waals surface area contributed by atoms with Gasteiger partial charge in [-0.15, -0.1) is 0 Å². The number of imidazole rings is 1. The maximum Gasteiger partial charge on any atom is 0.313 e. The molecule has 0 radical (unpaired) electrons. The van der Waals surface area contributed by atoms with Crippen LogP contribution in [0.2, 0.25) is 5.02 Å². The molecule has 0 aliphatic carbocycles. The summed E-state index contributed by atoms with van der Waals surface area (Å²) in [4.78, 5) is 15.1. The molecule has 0 saturated carbocycles. The topological polar surface area (TPSA) is 55.1 Å². The summed E-state index contributed by atoms with van der Waals surface area (Å²) >= 11 is 7.14. The van der Waals surface area contributed by atoms with Crippen LogP contribution < -0.4 is 0 Å². The van der Waals surface area contributed by atoms with E-state index in [9.17, 15) is 4.79 Å². The molecule has 0 aliphatic rings. The molecule has 1 heterocycles. The molecule has 19 heavy (non-hydrogen) atoms. The molecule has 4 nitrogen and oxygen atoms in total. The normalized spacial score (nSPS) is 10.8. The Balaban J connectivity index is 2.47. The van der Waals surface area contributed by atoms with E-state index in [2.05, 4.69) is 11.6 Å². The van der Waals surface area contributed by atoms with Crippen LogP contribution >= 0.6 is 23.4 Å². The van der Waals surface area contributed by atoms with Crippen LogP contribution in [0.4, 0.5) is 0 Å². The predicted molar refractivity (Wildman–Crippen MR) is 77.9 cm³/mol. The number of aromatic nitrogens is 2. The minimum absolute atomic E-state index is 0.0206. The first kappa shape index (κ1) is 14.0. The van der Waals surface area contributed by atoms with Gasteiger partial charge in [0.25, 0.3) is 0 Å². The molecule has 0 fully saturated rings. The highest BCUT2D eigenvalue weighted by molar-refractivity contribution is 7.99. The molecule has 0 amide bonds. The quantitative estimate of drug-likeness (QED) is 0.678. The second-order valence-electron chi connectivity index (χ2n) is 4.25. The summed E-state index contributed by atoms with van der Waals surface area (Å²) in [6.45, 7) is 6.43. The lowest BCUT2D eigenvalue weighted by Gasteiger charge is -2.07. The van der Waals surface area contributed by atoms with Crippen molar-refractivity contribution in [1.82, 2.24) is 9.55 Å². The first-order valence-electron chi connectivity index (χ1n) is 5.62. The molecular formula is C13H13ClN2O2S. The van der Waals surface area contributed by atoms with Gasteiger partial charge in [-0.2, -0.15) is 0 Å². The lowest BCUT2D eigenvalue weighted by Crippen LogP contribution is -2.03. The zero-order chi connectivity index (χ0) is 14.0. The largest absolute Gasteiger partial charge is 0.481 e. The van der Waals surface area contributed by atoms with Crippen molar-refractivity contribution in [3.63, 3.8) is 0 Å². The number of fused-ring (bicyclic) bond motifs is 1. The summed E-state index contributed by atoms with van der Waals surface area (Å²) < 4.78 is 1.96. The highest BCUT2D eigenvalue weighted by Crippen LogP contribution is 2.26. The lowest BCUT2D eigenvalue weighted by atomic mass is 10.3. The Morgan fingerprint density at radius 3 is 2.95 bits per heavy atom. The van der Waals surface area contributed by atoms with Gasteiger partial charge in [0, 0.05) is 11.6 Å². The van der Waals surface area contributed by atoms with E-state index in [1.165, 1.54) is 11.8 Å². The minimum atomic E-state index is -0.864. The van der Waals surface area contributed by atoms with Crippen molar-refractivity contribution >= 4 is 40.4 Å². The Bertz CT molecular complexity index is 651. The van der Waals surface area contributed by atoms with Crippen LogP contribution in [0.5, 0.6) is 0 Å². The number of thioether (sulfide) groups is 1. The number of benzene rings is 1. The van der Waals surface area contributed by atoms with Crippen LogP contribution in [0, 0.1) is 0 Å². The second kappa shape index (κ2) is 5.67. The van der Waals surface area contributed by atoms with Crippen molar-refractivity contribution in [3.05, 3.63) is 35.4 Å². The van der Waals surface area contributed by atoms with Crippen LogP contribution in [-0.2, 0) is 11.3 Å². The van der Waals surface area contributed by atoms with Crippen molar-refractivity contribution in [1.29, 1.82) is 0 Å². The van der Waals surface area contributed by atoms with Crippen molar-refractivity contribution in [2.45, 2.75) is 18.6 Å². The van der Waals surface area contributed by atoms with Crippen molar-refractivity contribution in [3.8, 4) is 0 Å². The molecular weight excluding hydrogens is 284 g/mol. The Hall–Kier alpha value is -1.46. The summed E-state index contributed by atoms with van der Waals surface area (Å²) in [5.41, 5.74) is 2.67. The number of rotatable bonds is 5. The highest BCUT2D eigenvalue weighted by Gasteiger charge is 2.13. The first-order valence-corrected chi connectivity index (χ1v) is 6.98. The Morgan fingerprint density at radius 2 is 2.32 bits per heavy atom. The highest BCUT2D eigenvalue weighted by atomic mass is 35.5. The van der Waals surface area contributed by atoms with Gasteiger partial charge in [0.15, 0.2) is 5.16 Å². The monoisotopic (exact) mass is 296 g/mol. The number of hydrogen-bond donors (Lipinski definition) is 1. The van der Waals surface area contributed by atoms with E-state index in [4.69, 9.17) is 16.7 Å². The maximum absolute atomic E-state index is 10.7. The molecule has 2 rings (SSSR count). The van der Waals surface area contributed by atoms with E-state index in [0.717, 1.165) is 16.6 Å². The van der Waals surface area contributed by atoms with Gasteiger partial charge in [0.05, 0.1) is 16.8 Å². The van der Waals surface area contributed by atoms with Gasteiger partial charge in [-0.3, -0.25) is 4.79 Å². The van der Waals surface area contributed by atoms with Crippen molar-refractivity contribution in [2.24, 2.45) is 0 Å².